The molecule has 1 rings (SSSR count). The van der Waals surface area contributed by atoms with Crippen LogP contribution in [0, 0.1) is 0 Å². The third-order valence-electron chi connectivity index (χ3n) is 1.70. The van der Waals surface area contributed by atoms with E-state index in [4.69, 9.17) is 0 Å². The maximum atomic E-state index is 4.28. The summed E-state index contributed by atoms with van der Waals surface area (Å²) < 4.78 is 0. The first kappa shape index (κ1) is 11.5. The molecule has 0 saturated heterocycles. The minimum atomic E-state index is 0.856. The second-order valence-electron chi connectivity index (χ2n) is 3.00. The molecule has 0 aliphatic rings. The van der Waals surface area contributed by atoms with Crippen molar-refractivity contribution in [2.24, 2.45) is 0 Å². The molecular formula is C10H17N3S. The summed E-state index contributed by atoms with van der Waals surface area (Å²) in [6, 6.07) is 0. The van der Waals surface area contributed by atoms with E-state index in [0.29, 0.717) is 0 Å². The van der Waals surface area contributed by atoms with Gasteiger partial charge in [0, 0.05) is 30.3 Å². The van der Waals surface area contributed by atoms with Crippen LogP contribution in [0.5, 0.6) is 0 Å². The molecule has 0 bridgehead atoms. The molecule has 0 spiro atoms. The van der Waals surface area contributed by atoms with Gasteiger partial charge >= 0.3 is 0 Å². The molecule has 0 aliphatic carbocycles. The zero-order chi connectivity index (χ0) is 10.2. The van der Waals surface area contributed by atoms with Crippen LogP contribution in [0.3, 0.4) is 0 Å². The maximum Gasteiger partial charge on any atom is 0.187 e. The van der Waals surface area contributed by atoms with Crippen LogP contribution in [0.15, 0.2) is 17.6 Å². The van der Waals surface area contributed by atoms with Gasteiger partial charge in [0.1, 0.15) is 0 Å². The van der Waals surface area contributed by atoms with Gasteiger partial charge in [-0.15, -0.1) is 0 Å². The monoisotopic (exact) mass is 211 g/mol. The third-order valence-corrected chi connectivity index (χ3v) is 2.78. The summed E-state index contributed by atoms with van der Waals surface area (Å²) in [7, 11) is 0. The summed E-state index contributed by atoms with van der Waals surface area (Å²) in [5, 5.41) is 4.12. The number of rotatable bonds is 6. The molecule has 0 atom stereocenters. The van der Waals surface area contributed by atoms with E-state index in [1.54, 1.807) is 11.8 Å². The van der Waals surface area contributed by atoms with E-state index in [1.807, 2.05) is 12.4 Å². The molecule has 0 fully saturated rings. The van der Waals surface area contributed by atoms with Crippen molar-refractivity contribution in [3.05, 3.63) is 18.0 Å². The molecule has 78 valence electrons. The maximum absolute atomic E-state index is 4.28. The summed E-state index contributed by atoms with van der Waals surface area (Å²) >= 11 is 1.71. The van der Waals surface area contributed by atoms with Gasteiger partial charge in [0.05, 0.1) is 0 Å². The van der Waals surface area contributed by atoms with Gasteiger partial charge in [-0.2, -0.15) is 0 Å². The van der Waals surface area contributed by atoms with Crippen molar-refractivity contribution in [1.29, 1.82) is 0 Å². The fourth-order valence-corrected chi connectivity index (χ4v) is 1.61. The Balaban J connectivity index is 2.42. The lowest BCUT2D eigenvalue weighted by Gasteiger charge is -2.02. The van der Waals surface area contributed by atoms with E-state index in [1.165, 1.54) is 0 Å². The molecule has 0 aromatic carbocycles. The van der Waals surface area contributed by atoms with E-state index in [-0.39, 0.29) is 0 Å². The molecule has 0 amide bonds. The van der Waals surface area contributed by atoms with Gasteiger partial charge in [-0.3, -0.25) is 0 Å². The molecule has 4 heteroatoms. The van der Waals surface area contributed by atoms with Crippen molar-refractivity contribution >= 4 is 11.8 Å². The first-order valence-corrected chi connectivity index (χ1v) is 5.99. The summed E-state index contributed by atoms with van der Waals surface area (Å²) in [6.45, 7) is 6.08. The van der Waals surface area contributed by atoms with Crippen molar-refractivity contribution in [1.82, 2.24) is 15.3 Å². The Hall–Kier alpha value is -0.610. The molecule has 0 saturated carbocycles. The highest BCUT2D eigenvalue weighted by Crippen LogP contribution is 2.12. The Morgan fingerprint density at radius 3 is 2.57 bits per heavy atom. The highest BCUT2D eigenvalue weighted by atomic mass is 32.2. The first-order valence-electron chi connectivity index (χ1n) is 5.01. The molecule has 0 aliphatic heterocycles. The fraction of sp³-hybridized carbons (Fsp3) is 0.600. The summed E-state index contributed by atoms with van der Waals surface area (Å²) in [4.78, 5) is 8.56. The Morgan fingerprint density at radius 2 is 2.00 bits per heavy atom. The lowest BCUT2D eigenvalue weighted by atomic mass is 10.3. The molecule has 3 nitrogen and oxygen atoms in total. The number of nitrogens with zero attached hydrogens (tertiary/aromatic N) is 2. The van der Waals surface area contributed by atoms with Gasteiger partial charge in [0.15, 0.2) is 5.16 Å². The Kier molecular flexibility index (Phi) is 5.56. The van der Waals surface area contributed by atoms with Crippen LogP contribution in [0.1, 0.15) is 25.8 Å². The van der Waals surface area contributed by atoms with Gasteiger partial charge in [0.2, 0.25) is 0 Å². The zero-order valence-electron chi connectivity index (χ0n) is 8.79. The zero-order valence-corrected chi connectivity index (χ0v) is 9.60. The molecule has 1 heterocycles. The van der Waals surface area contributed by atoms with Crippen molar-refractivity contribution < 1.29 is 0 Å². The fourth-order valence-electron chi connectivity index (χ4n) is 0.971. The predicted molar refractivity (Wildman–Crippen MR) is 60.4 cm³/mol. The van der Waals surface area contributed by atoms with Crippen LogP contribution in [0.2, 0.25) is 0 Å². The quantitative estimate of drug-likeness (QED) is 0.577. The Bertz CT molecular complexity index is 221. The number of hydrogen-bond donors (Lipinski definition) is 1. The van der Waals surface area contributed by atoms with Gasteiger partial charge in [0.25, 0.3) is 0 Å². The molecule has 14 heavy (non-hydrogen) atoms. The molecule has 0 unspecified atom stereocenters. The molecule has 1 aromatic rings. The summed E-state index contributed by atoms with van der Waals surface area (Å²) in [5.41, 5.74) is 1.15. The van der Waals surface area contributed by atoms with E-state index in [0.717, 1.165) is 36.0 Å². The average molecular weight is 211 g/mol. The van der Waals surface area contributed by atoms with Crippen LogP contribution in [0.25, 0.3) is 0 Å². The highest BCUT2D eigenvalue weighted by molar-refractivity contribution is 7.99. The van der Waals surface area contributed by atoms with E-state index in [2.05, 4.69) is 29.1 Å². The Labute approximate surface area is 89.7 Å². The first-order chi connectivity index (χ1) is 6.86. The van der Waals surface area contributed by atoms with Crippen molar-refractivity contribution in [2.75, 3.05) is 12.3 Å². The molecule has 0 radical (unpaired) electrons. The Morgan fingerprint density at radius 1 is 1.29 bits per heavy atom. The number of hydrogen-bond acceptors (Lipinski definition) is 4. The van der Waals surface area contributed by atoms with E-state index >= 15 is 0 Å². The van der Waals surface area contributed by atoms with Crippen LogP contribution in [-0.2, 0) is 6.54 Å². The van der Waals surface area contributed by atoms with E-state index in [9.17, 15) is 0 Å². The van der Waals surface area contributed by atoms with Gasteiger partial charge in [-0.05, 0) is 13.0 Å². The van der Waals surface area contributed by atoms with Crippen LogP contribution in [0.4, 0.5) is 0 Å². The smallest absolute Gasteiger partial charge is 0.187 e. The minimum absolute atomic E-state index is 0.856. The van der Waals surface area contributed by atoms with Gasteiger partial charge < -0.3 is 5.32 Å². The van der Waals surface area contributed by atoms with Crippen molar-refractivity contribution in [3.8, 4) is 0 Å². The molecular weight excluding hydrogens is 194 g/mol. The number of nitrogens with one attached hydrogen (secondary N) is 1. The predicted octanol–water partition coefficient (Wildman–Crippen LogP) is 2.09. The minimum Gasteiger partial charge on any atom is -0.313 e. The highest BCUT2D eigenvalue weighted by Gasteiger charge is 1.97. The topological polar surface area (TPSA) is 37.8 Å². The normalized spacial score (nSPS) is 10.4. The lowest BCUT2D eigenvalue weighted by Crippen LogP contribution is -2.12. The van der Waals surface area contributed by atoms with Gasteiger partial charge in [-0.1, -0.05) is 25.6 Å². The van der Waals surface area contributed by atoms with Crippen molar-refractivity contribution in [2.45, 2.75) is 32.0 Å². The second-order valence-corrected chi connectivity index (χ2v) is 4.06. The van der Waals surface area contributed by atoms with Crippen LogP contribution >= 0.6 is 11.8 Å². The third kappa shape index (κ3) is 4.07. The molecule has 1 aromatic heterocycles. The SMILES string of the molecule is CCCSc1ncc(CNCC)cn1. The van der Waals surface area contributed by atoms with Gasteiger partial charge in [-0.25, -0.2) is 9.97 Å². The second kappa shape index (κ2) is 6.79. The van der Waals surface area contributed by atoms with Crippen molar-refractivity contribution in [3.63, 3.8) is 0 Å². The number of aromatic nitrogens is 2. The average Bonchev–Trinajstić information content (AvgIpc) is 2.25. The molecule has 1 N–H and O–H groups in total. The van der Waals surface area contributed by atoms with Crippen LogP contribution < -0.4 is 5.32 Å². The number of thioether (sulfide) groups is 1. The standard InChI is InChI=1S/C10H17N3S/c1-3-5-14-10-12-7-9(8-13-10)6-11-4-2/h7-8,11H,3-6H2,1-2H3. The van der Waals surface area contributed by atoms with Crippen LogP contribution in [-0.4, -0.2) is 22.3 Å². The largest absolute Gasteiger partial charge is 0.313 e. The lowest BCUT2D eigenvalue weighted by molar-refractivity contribution is 0.716. The van der Waals surface area contributed by atoms with E-state index < -0.39 is 0 Å². The summed E-state index contributed by atoms with van der Waals surface area (Å²) in [5.74, 6) is 1.09. The summed E-state index contributed by atoms with van der Waals surface area (Å²) in [6.07, 6.45) is 4.95.